The number of amides is 1. The van der Waals surface area contributed by atoms with Gasteiger partial charge in [-0.2, -0.15) is 0 Å². The van der Waals surface area contributed by atoms with Gasteiger partial charge in [-0.1, -0.05) is 19.8 Å². The fourth-order valence-electron chi connectivity index (χ4n) is 1.42. The molecule has 0 spiro atoms. The topological polar surface area (TPSA) is 49.8 Å². The second kappa shape index (κ2) is 5.32. The van der Waals surface area contributed by atoms with Crippen molar-refractivity contribution in [2.24, 2.45) is 5.92 Å². The van der Waals surface area contributed by atoms with Crippen molar-refractivity contribution in [3.05, 3.63) is 0 Å². The van der Waals surface area contributed by atoms with Crippen LogP contribution in [0.3, 0.4) is 0 Å². The van der Waals surface area contributed by atoms with E-state index in [2.05, 4.69) is 6.92 Å². The van der Waals surface area contributed by atoms with Gasteiger partial charge in [-0.05, 0) is 13.3 Å². The molecule has 0 radical (unpaired) electrons. The van der Waals surface area contributed by atoms with E-state index >= 15 is 0 Å². The van der Waals surface area contributed by atoms with Gasteiger partial charge in [-0.15, -0.1) is 0 Å². The molecule has 0 aromatic carbocycles. The summed E-state index contributed by atoms with van der Waals surface area (Å²) in [5.74, 6) is -0.335. The molecular weight excluding hydrogens is 182 g/mol. The Balaban J connectivity index is 2.09. The molecule has 1 aliphatic rings. The zero-order valence-electron chi connectivity index (χ0n) is 8.90. The van der Waals surface area contributed by atoms with Crippen molar-refractivity contribution in [3.8, 4) is 0 Å². The highest BCUT2D eigenvalue weighted by Gasteiger charge is 2.40. The maximum atomic E-state index is 11.3. The number of carbonyl (C=O) groups excluding carboxylic acids is 1. The van der Waals surface area contributed by atoms with E-state index in [0.717, 1.165) is 19.3 Å². The van der Waals surface area contributed by atoms with Crippen LogP contribution in [0.15, 0.2) is 0 Å². The van der Waals surface area contributed by atoms with Crippen molar-refractivity contribution in [3.63, 3.8) is 0 Å². The summed E-state index contributed by atoms with van der Waals surface area (Å²) in [6, 6.07) is 0. The van der Waals surface area contributed by atoms with Gasteiger partial charge in [0, 0.05) is 0 Å². The SMILES string of the molecule is CCCCCON1CC(C(C)O)C1=O. The van der Waals surface area contributed by atoms with Gasteiger partial charge in [0.05, 0.1) is 25.2 Å². The third-order valence-corrected chi connectivity index (χ3v) is 2.50. The summed E-state index contributed by atoms with van der Waals surface area (Å²) in [5, 5.41) is 10.5. The third kappa shape index (κ3) is 2.69. The van der Waals surface area contributed by atoms with Crippen LogP contribution in [0.1, 0.15) is 33.1 Å². The Morgan fingerprint density at radius 3 is 2.86 bits per heavy atom. The van der Waals surface area contributed by atoms with Crippen LogP contribution in [0, 0.1) is 5.92 Å². The van der Waals surface area contributed by atoms with E-state index in [1.807, 2.05) is 0 Å². The molecule has 1 heterocycles. The lowest BCUT2D eigenvalue weighted by atomic mass is 9.96. The first-order valence-electron chi connectivity index (χ1n) is 5.29. The second-order valence-electron chi connectivity index (χ2n) is 3.79. The number of hydrogen-bond acceptors (Lipinski definition) is 3. The number of aliphatic hydroxyl groups excluding tert-OH is 1. The minimum Gasteiger partial charge on any atom is -0.393 e. The van der Waals surface area contributed by atoms with Crippen molar-refractivity contribution in [1.82, 2.24) is 5.06 Å². The standard InChI is InChI=1S/C10H19NO3/c1-3-4-5-6-14-11-7-9(8(2)12)10(11)13/h8-9,12H,3-7H2,1-2H3. The molecule has 82 valence electrons. The van der Waals surface area contributed by atoms with Gasteiger partial charge in [-0.25, -0.2) is 5.06 Å². The second-order valence-corrected chi connectivity index (χ2v) is 3.79. The normalized spacial score (nSPS) is 23.5. The smallest absolute Gasteiger partial charge is 0.253 e. The lowest BCUT2D eigenvalue weighted by Gasteiger charge is -2.38. The van der Waals surface area contributed by atoms with Gasteiger partial charge < -0.3 is 5.11 Å². The third-order valence-electron chi connectivity index (χ3n) is 2.50. The maximum Gasteiger partial charge on any atom is 0.253 e. The molecule has 1 fully saturated rings. The van der Waals surface area contributed by atoms with E-state index in [1.165, 1.54) is 5.06 Å². The number of aliphatic hydroxyl groups is 1. The number of hydroxylamine groups is 2. The predicted molar refractivity (Wildman–Crippen MR) is 52.4 cm³/mol. The van der Waals surface area contributed by atoms with Crippen LogP contribution in [-0.4, -0.2) is 35.3 Å². The number of nitrogens with zero attached hydrogens (tertiary/aromatic N) is 1. The lowest BCUT2D eigenvalue weighted by Crippen LogP contribution is -2.56. The summed E-state index contributed by atoms with van der Waals surface area (Å²) in [5.41, 5.74) is 0. The first-order chi connectivity index (χ1) is 6.66. The van der Waals surface area contributed by atoms with Gasteiger partial charge in [0.2, 0.25) is 0 Å². The number of rotatable bonds is 6. The molecule has 1 saturated heterocycles. The molecule has 2 atom stereocenters. The Labute approximate surface area is 84.8 Å². The molecule has 0 aromatic heterocycles. The summed E-state index contributed by atoms with van der Waals surface area (Å²) in [6.45, 7) is 4.89. The van der Waals surface area contributed by atoms with Crippen LogP contribution < -0.4 is 0 Å². The van der Waals surface area contributed by atoms with Crippen LogP contribution in [0.25, 0.3) is 0 Å². The molecule has 1 N–H and O–H groups in total. The molecular formula is C10H19NO3. The number of carbonyl (C=O) groups is 1. The number of β-lactam (4-membered cyclic amide) rings is 1. The van der Waals surface area contributed by atoms with Crippen LogP contribution in [0.2, 0.25) is 0 Å². The fourth-order valence-corrected chi connectivity index (χ4v) is 1.42. The summed E-state index contributed by atoms with van der Waals surface area (Å²) in [6.07, 6.45) is 2.70. The predicted octanol–water partition coefficient (Wildman–Crippen LogP) is 0.947. The molecule has 1 rings (SSSR count). The van der Waals surface area contributed by atoms with Crippen molar-refractivity contribution >= 4 is 5.91 Å². The summed E-state index contributed by atoms with van der Waals surface area (Å²) < 4.78 is 0. The van der Waals surface area contributed by atoms with Gasteiger partial charge >= 0.3 is 0 Å². The van der Waals surface area contributed by atoms with Gasteiger partial charge in [0.1, 0.15) is 0 Å². The first-order valence-corrected chi connectivity index (χ1v) is 5.29. The van der Waals surface area contributed by atoms with Crippen molar-refractivity contribution in [1.29, 1.82) is 0 Å². The van der Waals surface area contributed by atoms with Crippen LogP contribution in [-0.2, 0) is 9.63 Å². The Morgan fingerprint density at radius 1 is 1.64 bits per heavy atom. The Bertz CT molecular complexity index is 194. The van der Waals surface area contributed by atoms with E-state index < -0.39 is 6.10 Å². The van der Waals surface area contributed by atoms with E-state index in [0.29, 0.717) is 13.2 Å². The van der Waals surface area contributed by atoms with E-state index in [4.69, 9.17) is 9.94 Å². The molecule has 1 amide bonds. The van der Waals surface area contributed by atoms with Gasteiger partial charge in [-0.3, -0.25) is 9.63 Å². The Kier molecular flexibility index (Phi) is 4.35. The van der Waals surface area contributed by atoms with Crippen molar-refractivity contribution in [2.75, 3.05) is 13.2 Å². The zero-order valence-corrected chi connectivity index (χ0v) is 8.90. The molecule has 0 saturated carbocycles. The Hall–Kier alpha value is -0.610. The van der Waals surface area contributed by atoms with Gasteiger partial charge in [0.15, 0.2) is 0 Å². The molecule has 4 nitrogen and oxygen atoms in total. The van der Waals surface area contributed by atoms with E-state index in [9.17, 15) is 4.79 Å². The van der Waals surface area contributed by atoms with E-state index in [1.54, 1.807) is 6.92 Å². The zero-order chi connectivity index (χ0) is 10.6. The van der Waals surface area contributed by atoms with E-state index in [-0.39, 0.29) is 11.8 Å². The average Bonchev–Trinajstić information content (AvgIpc) is 2.14. The summed E-state index contributed by atoms with van der Waals surface area (Å²) in [4.78, 5) is 16.6. The molecule has 14 heavy (non-hydrogen) atoms. The number of unbranched alkanes of at least 4 members (excludes halogenated alkanes) is 2. The first kappa shape index (κ1) is 11.5. The molecule has 1 aliphatic heterocycles. The Morgan fingerprint density at radius 2 is 2.36 bits per heavy atom. The highest BCUT2D eigenvalue weighted by atomic mass is 16.7. The monoisotopic (exact) mass is 201 g/mol. The average molecular weight is 201 g/mol. The lowest BCUT2D eigenvalue weighted by molar-refractivity contribution is -0.228. The highest BCUT2D eigenvalue weighted by molar-refractivity contribution is 5.84. The van der Waals surface area contributed by atoms with Crippen LogP contribution in [0.4, 0.5) is 0 Å². The summed E-state index contributed by atoms with van der Waals surface area (Å²) >= 11 is 0. The molecule has 0 aromatic rings. The molecule has 2 unspecified atom stereocenters. The number of hydrogen-bond donors (Lipinski definition) is 1. The van der Waals surface area contributed by atoms with Gasteiger partial charge in [0.25, 0.3) is 5.91 Å². The van der Waals surface area contributed by atoms with Crippen LogP contribution in [0.5, 0.6) is 0 Å². The van der Waals surface area contributed by atoms with Crippen LogP contribution >= 0.6 is 0 Å². The molecule has 0 bridgehead atoms. The quantitative estimate of drug-likeness (QED) is 0.514. The highest BCUT2D eigenvalue weighted by Crippen LogP contribution is 2.21. The van der Waals surface area contributed by atoms with Crippen molar-refractivity contribution < 1.29 is 14.7 Å². The summed E-state index contributed by atoms with van der Waals surface area (Å²) in [7, 11) is 0. The molecule has 0 aliphatic carbocycles. The minimum absolute atomic E-state index is 0.0866. The largest absolute Gasteiger partial charge is 0.393 e. The van der Waals surface area contributed by atoms with Crippen molar-refractivity contribution in [2.45, 2.75) is 39.2 Å². The maximum absolute atomic E-state index is 11.3. The minimum atomic E-state index is -0.557. The molecule has 4 heteroatoms. The fraction of sp³-hybridized carbons (Fsp3) is 0.900.